The van der Waals surface area contributed by atoms with Crippen molar-refractivity contribution in [2.45, 2.75) is 26.4 Å². The standard InChI is InChI=1S/C12H16F3O4P/c1-3-17-20(16,18-4-2)9-10-6-5-7-11(8-10)19-12(13,14)15/h5-8H,3-4,9H2,1-2H3. The van der Waals surface area contributed by atoms with E-state index in [1.54, 1.807) is 13.8 Å². The van der Waals surface area contributed by atoms with Crippen molar-refractivity contribution >= 4 is 7.60 Å². The first-order valence-electron chi connectivity index (χ1n) is 6.01. The van der Waals surface area contributed by atoms with Crippen molar-refractivity contribution in [1.82, 2.24) is 0 Å². The quantitative estimate of drug-likeness (QED) is 0.702. The molecule has 0 N–H and O–H groups in total. The van der Waals surface area contributed by atoms with Gasteiger partial charge < -0.3 is 13.8 Å². The van der Waals surface area contributed by atoms with Crippen LogP contribution in [0.2, 0.25) is 0 Å². The first-order valence-corrected chi connectivity index (χ1v) is 7.73. The van der Waals surface area contributed by atoms with E-state index in [9.17, 15) is 17.7 Å². The lowest BCUT2D eigenvalue weighted by molar-refractivity contribution is -0.274. The van der Waals surface area contributed by atoms with Crippen LogP contribution in [0.1, 0.15) is 19.4 Å². The maximum absolute atomic E-state index is 12.3. The van der Waals surface area contributed by atoms with Crippen LogP contribution in [-0.4, -0.2) is 19.6 Å². The third-order valence-corrected chi connectivity index (χ3v) is 4.22. The Kier molecular flexibility index (Phi) is 6.05. The molecular formula is C12H16F3O4P. The lowest BCUT2D eigenvalue weighted by Crippen LogP contribution is -2.17. The minimum atomic E-state index is -4.76. The van der Waals surface area contributed by atoms with Gasteiger partial charge in [-0.15, -0.1) is 13.2 Å². The van der Waals surface area contributed by atoms with Crippen LogP contribution in [0.15, 0.2) is 24.3 Å². The Hall–Kier alpha value is -1.04. The molecule has 0 bridgehead atoms. The van der Waals surface area contributed by atoms with E-state index in [-0.39, 0.29) is 25.1 Å². The van der Waals surface area contributed by atoms with Crippen LogP contribution in [0.5, 0.6) is 5.75 Å². The Bertz CT molecular complexity index is 466. The van der Waals surface area contributed by atoms with E-state index in [1.165, 1.54) is 18.2 Å². The van der Waals surface area contributed by atoms with E-state index >= 15 is 0 Å². The van der Waals surface area contributed by atoms with Crippen molar-refractivity contribution in [1.29, 1.82) is 0 Å². The van der Waals surface area contributed by atoms with Gasteiger partial charge in [-0.05, 0) is 31.5 Å². The molecule has 0 radical (unpaired) electrons. The molecule has 0 atom stereocenters. The molecule has 8 heteroatoms. The zero-order chi connectivity index (χ0) is 15.2. The summed E-state index contributed by atoms with van der Waals surface area (Å²) in [6.07, 6.45) is -4.87. The number of rotatable bonds is 7. The molecule has 0 saturated carbocycles. The highest BCUT2D eigenvalue weighted by molar-refractivity contribution is 7.53. The highest BCUT2D eigenvalue weighted by atomic mass is 31.2. The summed E-state index contributed by atoms with van der Waals surface area (Å²) in [5.41, 5.74) is 0.386. The lowest BCUT2D eigenvalue weighted by Gasteiger charge is -2.17. The fourth-order valence-corrected chi connectivity index (χ4v) is 3.27. The monoisotopic (exact) mass is 312 g/mol. The number of hydrogen-bond donors (Lipinski definition) is 0. The van der Waals surface area contributed by atoms with Gasteiger partial charge in [0.15, 0.2) is 0 Å². The van der Waals surface area contributed by atoms with Crippen LogP contribution in [0, 0.1) is 0 Å². The van der Waals surface area contributed by atoms with E-state index in [4.69, 9.17) is 9.05 Å². The van der Waals surface area contributed by atoms with Gasteiger partial charge in [-0.3, -0.25) is 4.57 Å². The highest BCUT2D eigenvalue weighted by Gasteiger charge is 2.31. The maximum Gasteiger partial charge on any atom is 0.573 e. The number of benzene rings is 1. The zero-order valence-electron chi connectivity index (χ0n) is 11.1. The summed E-state index contributed by atoms with van der Waals surface area (Å²) in [7, 11) is -3.35. The molecule has 0 aromatic heterocycles. The Morgan fingerprint density at radius 2 is 1.75 bits per heavy atom. The first-order chi connectivity index (χ1) is 9.28. The third kappa shape index (κ3) is 5.94. The molecule has 0 unspecified atom stereocenters. The van der Waals surface area contributed by atoms with Crippen LogP contribution >= 0.6 is 7.60 Å². The summed E-state index contributed by atoms with van der Waals surface area (Å²) in [6, 6.07) is 5.26. The van der Waals surface area contributed by atoms with Crippen LogP contribution < -0.4 is 4.74 Å². The van der Waals surface area contributed by atoms with Crippen LogP contribution in [0.3, 0.4) is 0 Å². The van der Waals surface area contributed by atoms with Crippen molar-refractivity contribution in [3.63, 3.8) is 0 Å². The van der Waals surface area contributed by atoms with Crippen molar-refractivity contribution in [2.75, 3.05) is 13.2 Å². The molecule has 0 saturated heterocycles. The predicted molar refractivity (Wildman–Crippen MR) is 67.7 cm³/mol. The van der Waals surface area contributed by atoms with Crippen molar-refractivity contribution in [3.05, 3.63) is 29.8 Å². The minimum absolute atomic E-state index is 0.107. The van der Waals surface area contributed by atoms with Crippen molar-refractivity contribution in [3.8, 4) is 5.75 Å². The molecule has 1 aromatic rings. The van der Waals surface area contributed by atoms with Gasteiger partial charge in [0.25, 0.3) is 0 Å². The fourth-order valence-electron chi connectivity index (χ4n) is 1.59. The summed E-state index contributed by atoms with van der Waals surface area (Å²) in [5.74, 6) is -0.366. The molecule has 0 fully saturated rings. The van der Waals surface area contributed by atoms with Gasteiger partial charge in [0.1, 0.15) is 5.75 Å². The zero-order valence-corrected chi connectivity index (χ0v) is 12.0. The Balaban J connectivity index is 2.86. The van der Waals surface area contributed by atoms with Crippen molar-refractivity contribution in [2.24, 2.45) is 0 Å². The molecule has 1 aromatic carbocycles. The van der Waals surface area contributed by atoms with Crippen LogP contribution in [-0.2, 0) is 19.8 Å². The SMILES string of the molecule is CCOP(=O)(Cc1cccc(OC(F)(F)F)c1)OCC. The Morgan fingerprint density at radius 1 is 1.15 bits per heavy atom. The van der Waals surface area contributed by atoms with E-state index < -0.39 is 14.0 Å². The summed E-state index contributed by atoms with van der Waals surface area (Å²) in [6.45, 7) is 3.70. The van der Waals surface area contributed by atoms with Gasteiger partial charge in [0, 0.05) is 0 Å². The molecule has 4 nitrogen and oxygen atoms in total. The molecular weight excluding hydrogens is 296 g/mol. The molecule has 0 aliphatic rings. The number of halogens is 3. The average molecular weight is 312 g/mol. The van der Waals surface area contributed by atoms with Gasteiger partial charge in [-0.2, -0.15) is 0 Å². The minimum Gasteiger partial charge on any atom is -0.406 e. The van der Waals surface area contributed by atoms with Gasteiger partial charge in [-0.1, -0.05) is 12.1 Å². The second-order valence-electron chi connectivity index (χ2n) is 3.80. The van der Waals surface area contributed by atoms with Gasteiger partial charge >= 0.3 is 14.0 Å². The number of ether oxygens (including phenoxy) is 1. The second-order valence-corrected chi connectivity index (χ2v) is 5.85. The van der Waals surface area contributed by atoms with Crippen LogP contribution in [0.25, 0.3) is 0 Å². The molecule has 1 rings (SSSR count). The lowest BCUT2D eigenvalue weighted by atomic mass is 10.2. The summed E-state index contributed by atoms with van der Waals surface area (Å²) >= 11 is 0. The third-order valence-electron chi connectivity index (χ3n) is 2.16. The summed E-state index contributed by atoms with van der Waals surface area (Å²) < 4.78 is 62.6. The second kappa shape index (κ2) is 7.11. The maximum atomic E-state index is 12.3. The molecule has 0 amide bonds. The summed E-state index contributed by atoms with van der Waals surface area (Å²) in [4.78, 5) is 0. The molecule has 0 aliphatic heterocycles. The van der Waals surface area contributed by atoms with Crippen molar-refractivity contribution < 1.29 is 31.5 Å². The summed E-state index contributed by atoms with van der Waals surface area (Å²) in [5, 5.41) is 0. The number of hydrogen-bond acceptors (Lipinski definition) is 4. The topological polar surface area (TPSA) is 44.8 Å². The normalized spacial score (nSPS) is 12.4. The largest absolute Gasteiger partial charge is 0.573 e. The van der Waals surface area contributed by atoms with Crippen LogP contribution in [0.4, 0.5) is 13.2 Å². The highest BCUT2D eigenvalue weighted by Crippen LogP contribution is 2.51. The molecule has 114 valence electrons. The van der Waals surface area contributed by atoms with E-state index in [1.807, 2.05) is 0 Å². The van der Waals surface area contributed by atoms with Gasteiger partial charge in [0.05, 0.1) is 19.4 Å². The molecule has 20 heavy (non-hydrogen) atoms. The molecule has 0 spiro atoms. The number of alkyl halides is 3. The average Bonchev–Trinajstić information content (AvgIpc) is 2.27. The van der Waals surface area contributed by atoms with E-state index in [0.29, 0.717) is 5.56 Å². The van der Waals surface area contributed by atoms with E-state index in [2.05, 4.69) is 4.74 Å². The van der Waals surface area contributed by atoms with E-state index in [0.717, 1.165) is 6.07 Å². The molecule has 0 heterocycles. The Morgan fingerprint density at radius 3 is 2.25 bits per heavy atom. The van der Waals surface area contributed by atoms with Gasteiger partial charge in [-0.25, -0.2) is 0 Å². The predicted octanol–water partition coefficient (Wildman–Crippen LogP) is 4.35. The van der Waals surface area contributed by atoms with Gasteiger partial charge in [0.2, 0.25) is 0 Å². The molecule has 0 aliphatic carbocycles. The fraction of sp³-hybridized carbons (Fsp3) is 0.500. The first kappa shape index (κ1) is 17.0. The Labute approximate surface area is 115 Å². The smallest absolute Gasteiger partial charge is 0.406 e.